The number of nitrogen functional groups attached to an aromatic ring is 1. The van der Waals surface area contributed by atoms with Crippen molar-refractivity contribution < 1.29 is 9.47 Å². The van der Waals surface area contributed by atoms with Gasteiger partial charge in [-0.2, -0.15) is 10.2 Å². The molecule has 0 fully saturated rings. The van der Waals surface area contributed by atoms with Crippen LogP contribution in [0.25, 0.3) is 22.5 Å². The first kappa shape index (κ1) is 25.9. The molecule has 0 aliphatic rings. The Morgan fingerprint density at radius 3 is 2.10 bits per heavy atom. The third-order valence-electron chi connectivity index (χ3n) is 7.15. The Balaban J connectivity index is 1.38. The van der Waals surface area contributed by atoms with Crippen LogP contribution in [0.4, 0.5) is 11.5 Å². The molecule has 3 heterocycles. The smallest absolute Gasteiger partial charge is 0.157 e. The van der Waals surface area contributed by atoms with Gasteiger partial charge in [-0.25, -0.2) is 14.2 Å². The molecule has 0 bridgehead atoms. The SMILES string of the molecule is COc1ccc(CN(Cc2ccc(OC)cc2)c2ncnn3c(-c4cnn(-c5cc(N)ccc5C)c4)ccc23)cc1. The average molecular weight is 546 g/mol. The van der Waals surface area contributed by atoms with Crippen LogP contribution in [0.15, 0.2) is 97.6 Å². The van der Waals surface area contributed by atoms with E-state index in [2.05, 4.69) is 51.5 Å². The zero-order valence-electron chi connectivity index (χ0n) is 23.2. The number of nitrogens with zero attached hydrogens (tertiary/aromatic N) is 6. The molecule has 0 aliphatic carbocycles. The number of aryl methyl sites for hydroxylation is 1. The van der Waals surface area contributed by atoms with E-state index in [1.807, 2.05) is 71.0 Å². The van der Waals surface area contributed by atoms with Crippen LogP contribution < -0.4 is 20.1 Å². The van der Waals surface area contributed by atoms with Crippen molar-refractivity contribution >= 4 is 17.0 Å². The molecule has 6 rings (SSSR count). The van der Waals surface area contributed by atoms with Crippen LogP contribution in [0.1, 0.15) is 16.7 Å². The van der Waals surface area contributed by atoms with Crippen LogP contribution >= 0.6 is 0 Å². The van der Waals surface area contributed by atoms with Gasteiger partial charge >= 0.3 is 0 Å². The second kappa shape index (κ2) is 11.1. The first-order valence-corrected chi connectivity index (χ1v) is 13.3. The molecule has 0 unspecified atom stereocenters. The van der Waals surface area contributed by atoms with Gasteiger partial charge in [-0.1, -0.05) is 30.3 Å². The Labute approximate surface area is 238 Å². The fourth-order valence-corrected chi connectivity index (χ4v) is 4.95. The third kappa shape index (κ3) is 5.29. The van der Waals surface area contributed by atoms with Crippen molar-refractivity contribution in [3.8, 4) is 28.4 Å². The molecule has 0 radical (unpaired) electrons. The number of methoxy groups -OCH3 is 2. The average Bonchev–Trinajstić information content (AvgIpc) is 3.66. The highest BCUT2D eigenvalue weighted by atomic mass is 16.5. The molecule has 3 aromatic carbocycles. The quantitative estimate of drug-likeness (QED) is 0.233. The number of aromatic nitrogens is 5. The standard InChI is InChI=1S/C32H31N7O2/c1-22-4-9-26(33)16-31(22)38-20-25(17-35-38)29-14-15-30-32(34-21-36-39(29)30)37(18-23-5-10-27(40-2)11-6-23)19-24-7-12-28(41-3)13-8-24/h4-17,20-21H,18-19,33H2,1-3H3. The molecule has 9 nitrogen and oxygen atoms in total. The second-order valence-electron chi connectivity index (χ2n) is 9.87. The minimum absolute atomic E-state index is 0.649. The summed E-state index contributed by atoms with van der Waals surface area (Å²) in [4.78, 5) is 7.01. The molecule has 0 amide bonds. The van der Waals surface area contributed by atoms with Gasteiger partial charge in [-0.15, -0.1) is 0 Å². The van der Waals surface area contributed by atoms with Crippen molar-refractivity contribution in [1.29, 1.82) is 0 Å². The molecule has 0 saturated carbocycles. The Bertz CT molecular complexity index is 1740. The lowest BCUT2D eigenvalue weighted by Crippen LogP contribution is -2.24. The maximum atomic E-state index is 6.05. The maximum absolute atomic E-state index is 6.05. The minimum atomic E-state index is 0.649. The summed E-state index contributed by atoms with van der Waals surface area (Å²) in [6.45, 7) is 3.34. The van der Waals surface area contributed by atoms with Gasteiger partial charge in [0.2, 0.25) is 0 Å². The van der Waals surface area contributed by atoms with Gasteiger partial charge in [-0.05, 0) is 72.1 Å². The lowest BCUT2D eigenvalue weighted by atomic mass is 10.1. The van der Waals surface area contributed by atoms with E-state index < -0.39 is 0 Å². The van der Waals surface area contributed by atoms with Crippen LogP contribution in [0, 0.1) is 6.92 Å². The van der Waals surface area contributed by atoms with E-state index in [0.29, 0.717) is 18.8 Å². The summed E-state index contributed by atoms with van der Waals surface area (Å²) in [5, 5.41) is 9.24. The zero-order valence-corrected chi connectivity index (χ0v) is 23.2. The summed E-state index contributed by atoms with van der Waals surface area (Å²) in [6, 6.07) is 26.2. The van der Waals surface area contributed by atoms with Gasteiger partial charge in [0.25, 0.3) is 0 Å². The van der Waals surface area contributed by atoms with Crippen molar-refractivity contribution in [2.45, 2.75) is 20.0 Å². The fourth-order valence-electron chi connectivity index (χ4n) is 4.95. The molecule has 0 atom stereocenters. The van der Waals surface area contributed by atoms with Gasteiger partial charge in [-0.3, -0.25) is 0 Å². The molecule has 3 aromatic heterocycles. The van der Waals surface area contributed by atoms with Crippen LogP contribution in [-0.2, 0) is 13.1 Å². The molecular weight excluding hydrogens is 514 g/mol. The van der Waals surface area contributed by atoms with Gasteiger partial charge in [0.15, 0.2) is 5.82 Å². The van der Waals surface area contributed by atoms with Gasteiger partial charge < -0.3 is 20.1 Å². The highest BCUT2D eigenvalue weighted by Gasteiger charge is 2.18. The summed E-state index contributed by atoms with van der Waals surface area (Å²) < 4.78 is 14.5. The zero-order chi connectivity index (χ0) is 28.3. The first-order valence-electron chi connectivity index (χ1n) is 13.3. The van der Waals surface area contributed by atoms with Crippen molar-refractivity contribution in [3.63, 3.8) is 0 Å². The molecule has 206 valence electrons. The van der Waals surface area contributed by atoms with Crippen LogP contribution in [0.5, 0.6) is 11.5 Å². The molecular formula is C32H31N7O2. The summed E-state index contributed by atoms with van der Waals surface area (Å²) in [5.41, 5.74) is 13.8. The van der Waals surface area contributed by atoms with Crippen molar-refractivity contribution in [1.82, 2.24) is 24.4 Å². The van der Waals surface area contributed by atoms with E-state index in [0.717, 1.165) is 56.5 Å². The van der Waals surface area contributed by atoms with Crippen LogP contribution in [-0.4, -0.2) is 38.6 Å². The van der Waals surface area contributed by atoms with Gasteiger partial charge in [0.05, 0.1) is 31.8 Å². The molecule has 9 heteroatoms. The maximum Gasteiger partial charge on any atom is 0.157 e. The van der Waals surface area contributed by atoms with Crippen LogP contribution in [0.2, 0.25) is 0 Å². The molecule has 2 N–H and O–H groups in total. The highest BCUT2D eigenvalue weighted by Crippen LogP contribution is 2.29. The number of fused-ring (bicyclic) bond motifs is 1. The summed E-state index contributed by atoms with van der Waals surface area (Å²) in [7, 11) is 3.35. The number of nitrogens with two attached hydrogens (primary N) is 1. The number of anilines is 2. The lowest BCUT2D eigenvalue weighted by Gasteiger charge is -2.25. The number of hydrogen-bond acceptors (Lipinski definition) is 7. The Kier molecular flexibility index (Phi) is 6.99. The fraction of sp³-hybridized carbons (Fsp3) is 0.156. The summed E-state index contributed by atoms with van der Waals surface area (Å²) >= 11 is 0. The number of rotatable bonds is 9. The van der Waals surface area contributed by atoms with E-state index in [9.17, 15) is 0 Å². The van der Waals surface area contributed by atoms with Gasteiger partial charge in [0, 0.05) is 30.5 Å². The number of hydrogen-bond donors (Lipinski definition) is 1. The predicted molar refractivity (Wildman–Crippen MR) is 161 cm³/mol. The van der Waals surface area contributed by atoms with Crippen molar-refractivity contribution in [2.75, 3.05) is 24.9 Å². The highest BCUT2D eigenvalue weighted by molar-refractivity contribution is 5.75. The molecule has 0 aliphatic heterocycles. The van der Waals surface area contributed by atoms with Crippen molar-refractivity contribution in [2.24, 2.45) is 0 Å². The molecule has 41 heavy (non-hydrogen) atoms. The van der Waals surface area contributed by atoms with Crippen LogP contribution in [0.3, 0.4) is 0 Å². The number of benzene rings is 3. The lowest BCUT2D eigenvalue weighted by molar-refractivity contribution is 0.414. The number of ether oxygens (including phenoxy) is 2. The van der Waals surface area contributed by atoms with E-state index in [-0.39, 0.29) is 0 Å². The molecule has 0 saturated heterocycles. The Morgan fingerprint density at radius 2 is 1.46 bits per heavy atom. The predicted octanol–water partition coefficient (Wildman–Crippen LogP) is 5.70. The normalized spacial score (nSPS) is 11.1. The second-order valence-corrected chi connectivity index (χ2v) is 9.87. The Hall–Kier alpha value is -5.31. The van der Waals surface area contributed by atoms with Gasteiger partial charge in [0.1, 0.15) is 23.3 Å². The third-order valence-corrected chi connectivity index (χ3v) is 7.15. The summed E-state index contributed by atoms with van der Waals surface area (Å²) in [5.74, 6) is 2.48. The topological polar surface area (TPSA) is 95.7 Å². The molecule has 0 spiro atoms. The monoisotopic (exact) mass is 545 g/mol. The first-order chi connectivity index (χ1) is 20.0. The van der Waals surface area contributed by atoms with E-state index in [4.69, 9.17) is 20.2 Å². The van der Waals surface area contributed by atoms with Crippen molar-refractivity contribution in [3.05, 3.63) is 114 Å². The van der Waals surface area contributed by atoms with E-state index in [1.54, 1.807) is 20.5 Å². The Morgan fingerprint density at radius 1 is 0.805 bits per heavy atom. The largest absolute Gasteiger partial charge is 0.497 e. The minimum Gasteiger partial charge on any atom is -0.497 e. The van der Waals surface area contributed by atoms with E-state index >= 15 is 0 Å². The molecule has 6 aromatic rings. The summed E-state index contributed by atoms with van der Waals surface area (Å²) in [6.07, 6.45) is 5.45. The van der Waals surface area contributed by atoms with E-state index in [1.165, 1.54) is 0 Å².